The fourth-order valence-corrected chi connectivity index (χ4v) is 2.81. The zero-order chi connectivity index (χ0) is 11.8. The minimum Gasteiger partial charge on any atom is -0.351 e. The topological polar surface area (TPSA) is 55.1 Å². The first kappa shape index (κ1) is 11.9. The second-order valence-corrected chi connectivity index (χ2v) is 5.93. The number of carbonyl (C=O) groups is 1. The molecule has 2 rings (SSSR count). The van der Waals surface area contributed by atoms with Gasteiger partial charge < -0.3 is 11.1 Å². The average molecular weight is 224 g/mol. The van der Waals surface area contributed by atoms with Crippen LogP contribution in [-0.4, -0.2) is 17.5 Å². The largest absolute Gasteiger partial charge is 0.351 e. The standard InChI is InChI=1S/C13H24N2O/c1-9(2)10-5-3-4-6-11(10)15-12(16)13(14)7-8-13/h9-11H,3-8,14H2,1-2H3,(H,15,16). The molecule has 16 heavy (non-hydrogen) atoms. The van der Waals surface area contributed by atoms with Crippen LogP contribution in [0.15, 0.2) is 0 Å². The van der Waals surface area contributed by atoms with E-state index in [0.717, 1.165) is 19.3 Å². The number of hydrogen-bond acceptors (Lipinski definition) is 2. The number of carbonyl (C=O) groups excluding carboxylic acids is 1. The molecule has 2 unspecified atom stereocenters. The van der Waals surface area contributed by atoms with Crippen LogP contribution in [0.3, 0.4) is 0 Å². The fourth-order valence-electron chi connectivity index (χ4n) is 2.81. The highest BCUT2D eigenvalue weighted by atomic mass is 16.2. The third kappa shape index (κ3) is 2.40. The highest BCUT2D eigenvalue weighted by Crippen LogP contribution is 2.34. The van der Waals surface area contributed by atoms with Crippen molar-refractivity contribution >= 4 is 5.91 Å². The van der Waals surface area contributed by atoms with Gasteiger partial charge in [0.1, 0.15) is 0 Å². The van der Waals surface area contributed by atoms with Gasteiger partial charge in [-0.1, -0.05) is 26.7 Å². The zero-order valence-electron chi connectivity index (χ0n) is 10.5. The summed E-state index contributed by atoms with van der Waals surface area (Å²) in [5.41, 5.74) is 5.40. The van der Waals surface area contributed by atoms with Crippen molar-refractivity contribution in [3.05, 3.63) is 0 Å². The molecule has 1 amide bonds. The van der Waals surface area contributed by atoms with E-state index in [1.165, 1.54) is 19.3 Å². The summed E-state index contributed by atoms with van der Waals surface area (Å²) >= 11 is 0. The average Bonchev–Trinajstić information content (AvgIpc) is 2.98. The van der Waals surface area contributed by atoms with E-state index >= 15 is 0 Å². The van der Waals surface area contributed by atoms with Gasteiger partial charge in [-0.3, -0.25) is 4.79 Å². The molecule has 0 aromatic rings. The number of amides is 1. The molecule has 0 aromatic carbocycles. The highest BCUT2D eigenvalue weighted by molar-refractivity contribution is 5.89. The van der Waals surface area contributed by atoms with Crippen LogP contribution in [0.4, 0.5) is 0 Å². The predicted molar refractivity (Wildman–Crippen MR) is 64.9 cm³/mol. The first-order valence-electron chi connectivity index (χ1n) is 6.63. The second-order valence-electron chi connectivity index (χ2n) is 5.93. The minimum atomic E-state index is -0.515. The summed E-state index contributed by atoms with van der Waals surface area (Å²) in [5.74, 6) is 1.38. The Kier molecular flexibility index (Phi) is 3.24. The Hall–Kier alpha value is -0.570. The summed E-state index contributed by atoms with van der Waals surface area (Å²) in [7, 11) is 0. The summed E-state index contributed by atoms with van der Waals surface area (Å²) in [6.07, 6.45) is 6.65. The van der Waals surface area contributed by atoms with Gasteiger partial charge in [-0.05, 0) is 37.5 Å². The van der Waals surface area contributed by atoms with Gasteiger partial charge in [0.15, 0.2) is 0 Å². The summed E-state index contributed by atoms with van der Waals surface area (Å²) in [6.45, 7) is 4.51. The molecule has 0 spiro atoms. The van der Waals surface area contributed by atoms with Crippen LogP contribution in [0.1, 0.15) is 52.4 Å². The van der Waals surface area contributed by atoms with Crippen LogP contribution in [0.2, 0.25) is 0 Å². The van der Waals surface area contributed by atoms with Gasteiger partial charge in [0, 0.05) is 6.04 Å². The highest BCUT2D eigenvalue weighted by Gasteiger charge is 2.47. The van der Waals surface area contributed by atoms with E-state index in [-0.39, 0.29) is 5.91 Å². The Morgan fingerprint density at radius 3 is 2.50 bits per heavy atom. The molecule has 2 fully saturated rings. The third-order valence-corrected chi connectivity index (χ3v) is 4.23. The molecule has 2 aliphatic rings. The van der Waals surface area contributed by atoms with Crippen molar-refractivity contribution in [2.75, 3.05) is 0 Å². The molecule has 2 saturated carbocycles. The lowest BCUT2D eigenvalue weighted by atomic mass is 9.77. The van der Waals surface area contributed by atoms with Crippen molar-refractivity contribution in [1.29, 1.82) is 0 Å². The minimum absolute atomic E-state index is 0.0880. The van der Waals surface area contributed by atoms with Crippen LogP contribution >= 0.6 is 0 Å². The van der Waals surface area contributed by atoms with Crippen LogP contribution in [0.25, 0.3) is 0 Å². The van der Waals surface area contributed by atoms with Crippen molar-refractivity contribution < 1.29 is 4.79 Å². The van der Waals surface area contributed by atoms with Gasteiger partial charge in [-0.25, -0.2) is 0 Å². The van der Waals surface area contributed by atoms with E-state index < -0.39 is 5.54 Å². The number of nitrogens with two attached hydrogens (primary N) is 1. The summed E-state index contributed by atoms with van der Waals surface area (Å²) in [5, 5.41) is 3.19. The van der Waals surface area contributed by atoms with Crippen molar-refractivity contribution in [2.45, 2.75) is 64.0 Å². The Bertz CT molecular complexity index is 271. The first-order chi connectivity index (χ1) is 7.53. The summed E-state index contributed by atoms with van der Waals surface area (Å²) in [4.78, 5) is 11.9. The van der Waals surface area contributed by atoms with Crippen molar-refractivity contribution in [3.63, 3.8) is 0 Å². The Balaban J connectivity index is 1.93. The van der Waals surface area contributed by atoms with Crippen molar-refractivity contribution in [3.8, 4) is 0 Å². The fraction of sp³-hybridized carbons (Fsp3) is 0.923. The molecule has 3 nitrogen and oxygen atoms in total. The SMILES string of the molecule is CC(C)C1CCCCC1NC(=O)C1(N)CC1. The molecule has 0 radical (unpaired) electrons. The van der Waals surface area contributed by atoms with Crippen LogP contribution in [0.5, 0.6) is 0 Å². The third-order valence-electron chi connectivity index (χ3n) is 4.23. The lowest BCUT2D eigenvalue weighted by Crippen LogP contribution is -2.51. The maximum absolute atomic E-state index is 11.9. The second kappa shape index (κ2) is 4.36. The lowest BCUT2D eigenvalue weighted by Gasteiger charge is -2.35. The molecule has 2 atom stereocenters. The van der Waals surface area contributed by atoms with Crippen LogP contribution in [0, 0.1) is 11.8 Å². The number of nitrogens with one attached hydrogen (secondary N) is 1. The van der Waals surface area contributed by atoms with E-state index in [0.29, 0.717) is 17.9 Å². The molecular formula is C13H24N2O. The van der Waals surface area contributed by atoms with E-state index in [2.05, 4.69) is 19.2 Å². The Morgan fingerprint density at radius 2 is 1.94 bits per heavy atom. The number of rotatable bonds is 3. The van der Waals surface area contributed by atoms with Gasteiger partial charge in [0.05, 0.1) is 5.54 Å². The summed E-state index contributed by atoms with van der Waals surface area (Å²) < 4.78 is 0. The number of hydrogen-bond donors (Lipinski definition) is 2. The van der Waals surface area contributed by atoms with Crippen molar-refractivity contribution in [1.82, 2.24) is 5.32 Å². The monoisotopic (exact) mass is 224 g/mol. The predicted octanol–water partition coefficient (Wildman–Crippen LogP) is 1.81. The van der Waals surface area contributed by atoms with Crippen LogP contribution < -0.4 is 11.1 Å². The smallest absolute Gasteiger partial charge is 0.240 e. The van der Waals surface area contributed by atoms with Gasteiger partial charge in [-0.2, -0.15) is 0 Å². The maximum Gasteiger partial charge on any atom is 0.240 e. The normalized spacial score (nSPS) is 32.5. The molecular weight excluding hydrogens is 200 g/mol. The van der Waals surface area contributed by atoms with Gasteiger partial charge >= 0.3 is 0 Å². The maximum atomic E-state index is 11.9. The molecule has 0 aliphatic heterocycles. The first-order valence-corrected chi connectivity index (χ1v) is 6.63. The van der Waals surface area contributed by atoms with E-state index in [9.17, 15) is 4.79 Å². The van der Waals surface area contributed by atoms with E-state index in [1.807, 2.05) is 0 Å². The molecule has 0 bridgehead atoms. The molecule has 3 N–H and O–H groups in total. The van der Waals surface area contributed by atoms with Crippen molar-refractivity contribution in [2.24, 2.45) is 17.6 Å². The Morgan fingerprint density at radius 1 is 1.31 bits per heavy atom. The molecule has 92 valence electrons. The van der Waals surface area contributed by atoms with Crippen LogP contribution in [-0.2, 0) is 4.79 Å². The molecule has 0 heterocycles. The molecule has 0 aromatic heterocycles. The molecule has 0 saturated heterocycles. The van der Waals surface area contributed by atoms with E-state index in [4.69, 9.17) is 5.73 Å². The van der Waals surface area contributed by atoms with Gasteiger partial charge in [-0.15, -0.1) is 0 Å². The Labute approximate surface area is 98.2 Å². The van der Waals surface area contributed by atoms with Gasteiger partial charge in [0.2, 0.25) is 5.91 Å². The molecule has 2 aliphatic carbocycles. The van der Waals surface area contributed by atoms with Gasteiger partial charge in [0.25, 0.3) is 0 Å². The van der Waals surface area contributed by atoms with E-state index in [1.54, 1.807) is 0 Å². The molecule has 3 heteroatoms. The summed E-state index contributed by atoms with van der Waals surface area (Å²) in [6, 6.07) is 0.363. The quantitative estimate of drug-likeness (QED) is 0.768. The lowest BCUT2D eigenvalue weighted by molar-refractivity contribution is -0.124. The zero-order valence-corrected chi connectivity index (χ0v) is 10.5.